The SMILES string of the molecule is COC(=O)CCC=CC1=C[C@H]2C[C@@H](OC3CCCCO3)[C@H](CO)[C@H]2C1. The lowest BCUT2D eigenvalue weighted by Crippen LogP contribution is -2.32. The van der Waals surface area contributed by atoms with Gasteiger partial charge in [0.25, 0.3) is 0 Å². The zero-order valence-electron chi connectivity index (χ0n) is 15.1. The number of aliphatic hydroxyl groups is 1. The molecule has 25 heavy (non-hydrogen) atoms. The van der Waals surface area contributed by atoms with Gasteiger partial charge in [-0.3, -0.25) is 4.79 Å². The standard InChI is InChI=1S/C20H30O5/c1-23-19(22)7-3-2-6-14-10-15-12-18(17(13-21)16(15)11-14)25-20-8-4-5-9-24-20/h2,6,10,15-18,20-21H,3-5,7-9,11-13H2,1H3/t15-,16-,17+,18+,20?/m0/s1. The Labute approximate surface area is 150 Å². The summed E-state index contributed by atoms with van der Waals surface area (Å²) in [5.41, 5.74) is 1.31. The van der Waals surface area contributed by atoms with E-state index in [1.807, 2.05) is 6.08 Å². The van der Waals surface area contributed by atoms with Crippen molar-refractivity contribution in [1.82, 2.24) is 0 Å². The molecule has 2 aliphatic carbocycles. The zero-order valence-corrected chi connectivity index (χ0v) is 15.1. The Hall–Kier alpha value is -1.17. The maximum absolute atomic E-state index is 11.1. The van der Waals surface area contributed by atoms with Gasteiger partial charge < -0.3 is 19.3 Å². The van der Waals surface area contributed by atoms with Crippen LogP contribution in [0, 0.1) is 17.8 Å². The maximum atomic E-state index is 11.1. The molecule has 0 aromatic carbocycles. The average molecular weight is 350 g/mol. The molecule has 1 saturated carbocycles. The number of esters is 1. The number of carbonyl (C=O) groups is 1. The Bertz CT molecular complexity index is 506. The number of hydrogen-bond acceptors (Lipinski definition) is 5. The number of aliphatic hydroxyl groups excluding tert-OH is 1. The number of ether oxygens (including phenoxy) is 3. The molecular formula is C20H30O5. The number of rotatable bonds is 7. The van der Waals surface area contributed by atoms with Crippen LogP contribution in [0.3, 0.4) is 0 Å². The van der Waals surface area contributed by atoms with E-state index in [4.69, 9.17) is 9.47 Å². The van der Waals surface area contributed by atoms with Gasteiger partial charge in [-0.25, -0.2) is 0 Å². The van der Waals surface area contributed by atoms with Crippen molar-refractivity contribution in [3.05, 3.63) is 23.8 Å². The van der Waals surface area contributed by atoms with Crippen molar-refractivity contribution >= 4 is 5.97 Å². The fourth-order valence-corrected chi connectivity index (χ4v) is 4.41. The quantitative estimate of drug-likeness (QED) is 0.715. The maximum Gasteiger partial charge on any atom is 0.305 e. The van der Waals surface area contributed by atoms with Gasteiger partial charge >= 0.3 is 5.97 Å². The summed E-state index contributed by atoms with van der Waals surface area (Å²) in [7, 11) is 1.42. The van der Waals surface area contributed by atoms with Crippen LogP contribution in [-0.4, -0.2) is 43.8 Å². The first-order valence-corrected chi connectivity index (χ1v) is 9.53. The highest BCUT2D eigenvalue weighted by molar-refractivity contribution is 5.69. The van der Waals surface area contributed by atoms with Crippen molar-refractivity contribution in [3.63, 3.8) is 0 Å². The molecule has 140 valence electrons. The zero-order chi connectivity index (χ0) is 17.6. The van der Waals surface area contributed by atoms with E-state index in [1.54, 1.807) is 0 Å². The van der Waals surface area contributed by atoms with Gasteiger partial charge in [-0.15, -0.1) is 0 Å². The van der Waals surface area contributed by atoms with Crippen molar-refractivity contribution in [2.45, 2.75) is 57.3 Å². The molecule has 1 heterocycles. The molecule has 1 N–H and O–H groups in total. The first-order valence-electron chi connectivity index (χ1n) is 9.53. The number of methoxy groups -OCH3 is 1. The Morgan fingerprint density at radius 1 is 1.44 bits per heavy atom. The van der Waals surface area contributed by atoms with Gasteiger partial charge in [-0.1, -0.05) is 23.8 Å². The summed E-state index contributed by atoms with van der Waals surface area (Å²) in [6.07, 6.45) is 12.8. The van der Waals surface area contributed by atoms with Crippen LogP contribution < -0.4 is 0 Å². The minimum atomic E-state index is -0.174. The van der Waals surface area contributed by atoms with Gasteiger partial charge in [0.2, 0.25) is 0 Å². The summed E-state index contributed by atoms with van der Waals surface area (Å²) in [6.45, 7) is 0.959. The minimum absolute atomic E-state index is 0.0895. The van der Waals surface area contributed by atoms with Crippen molar-refractivity contribution in [2.24, 2.45) is 17.8 Å². The topological polar surface area (TPSA) is 65.0 Å². The predicted octanol–water partition coefficient (Wildman–Crippen LogP) is 2.98. The molecule has 3 aliphatic rings. The Morgan fingerprint density at radius 3 is 3.04 bits per heavy atom. The molecule has 0 aromatic heterocycles. The number of fused-ring (bicyclic) bond motifs is 1. The van der Waals surface area contributed by atoms with E-state index in [0.29, 0.717) is 24.7 Å². The predicted molar refractivity (Wildman–Crippen MR) is 93.7 cm³/mol. The van der Waals surface area contributed by atoms with Gasteiger partial charge in [0, 0.05) is 25.6 Å². The summed E-state index contributed by atoms with van der Waals surface area (Å²) < 4.78 is 16.5. The molecule has 1 aliphatic heterocycles. The van der Waals surface area contributed by atoms with Crippen LogP contribution in [-0.2, 0) is 19.0 Å². The van der Waals surface area contributed by atoms with Crippen molar-refractivity contribution < 1.29 is 24.1 Å². The van der Waals surface area contributed by atoms with Gasteiger partial charge in [-0.05, 0) is 50.4 Å². The molecule has 0 amide bonds. The molecule has 0 radical (unpaired) electrons. The molecule has 1 unspecified atom stereocenters. The van der Waals surface area contributed by atoms with E-state index in [-0.39, 0.29) is 30.9 Å². The second-order valence-corrected chi connectivity index (χ2v) is 7.34. The van der Waals surface area contributed by atoms with Crippen molar-refractivity contribution in [1.29, 1.82) is 0 Å². The van der Waals surface area contributed by atoms with Gasteiger partial charge in [-0.2, -0.15) is 0 Å². The van der Waals surface area contributed by atoms with Crippen LogP contribution in [0.15, 0.2) is 23.8 Å². The molecule has 5 nitrogen and oxygen atoms in total. The van der Waals surface area contributed by atoms with E-state index in [2.05, 4.69) is 16.9 Å². The third-order valence-electron chi connectivity index (χ3n) is 5.73. The Balaban J connectivity index is 1.51. The monoisotopic (exact) mass is 350 g/mol. The van der Waals surface area contributed by atoms with Crippen LogP contribution >= 0.6 is 0 Å². The summed E-state index contributed by atoms with van der Waals surface area (Å²) in [4.78, 5) is 11.1. The van der Waals surface area contributed by atoms with Crippen LogP contribution in [0.25, 0.3) is 0 Å². The third-order valence-corrected chi connectivity index (χ3v) is 5.73. The first-order chi connectivity index (χ1) is 12.2. The highest BCUT2D eigenvalue weighted by Gasteiger charge is 2.46. The summed E-state index contributed by atoms with van der Waals surface area (Å²) in [5.74, 6) is 0.949. The van der Waals surface area contributed by atoms with E-state index < -0.39 is 0 Å². The molecule has 5 heteroatoms. The highest BCUT2D eigenvalue weighted by Crippen LogP contribution is 2.48. The fourth-order valence-electron chi connectivity index (χ4n) is 4.41. The fraction of sp³-hybridized carbons (Fsp3) is 0.750. The molecule has 2 fully saturated rings. The summed E-state index contributed by atoms with van der Waals surface area (Å²) >= 11 is 0. The smallest absolute Gasteiger partial charge is 0.305 e. The van der Waals surface area contributed by atoms with Gasteiger partial charge in [0.05, 0.1) is 13.2 Å². The minimum Gasteiger partial charge on any atom is -0.469 e. The third kappa shape index (κ3) is 4.72. The van der Waals surface area contributed by atoms with E-state index in [0.717, 1.165) is 38.7 Å². The lowest BCUT2D eigenvalue weighted by atomic mass is 9.90. The highest BCUT2D eigenvalue weighted by atomic mass is 16.7. The molecule has 0 spiro atoms. The molecule has 3 rings (SSSR count). The molecule has 0 aromatic rings. The van der Waals surface area contributed by atoms with Crippen LogP contribution in [0.4, 0.5) is 0 Å². The van der Waals surface area contributed by atoms with E-state index >= 15 is 0 Å². The summed E-state index contributed by atoms with van der Waals surface area (Å²) in [5, 5.41) is 9.89. The normalized spacial score (nSPS) is 35.0. The van der Waals surface area contributed by atoms with Crippen molar-refractivity contribution in [2.75, 3.05) is 20.3 Å². The molecule has 1 saturated heterocycles. The lowest BCUT2D eigenvalue weighted by molar-refractivity contribution is -0.198. The van der Waals surface area contributed by atoms with Crippen LogP contribution in [0.1, 0.15) is 44.9 Å². The number of hydrogen-bond donors (Lipinski definition) is 1. The van der Waals surface area contributed by atoms with Gasteiger partial charge in [0.1, 0.15) is 0 Å². The van der Waals surface area contributed by atoms with E-state index in [1.165, 1.54) is 12.7 Å². The van der Waals surface area contributed by atoms with Crippen LogP contribution in [0.5, 0.6) is 0 Å². The Kier molecular flexibility index (Phi) is 6.68. The van der Waals surface area contributed by atoms with Gasteiger partial charge in [0.15, 0.2) is 6.29 Å². The Morgan fingerprint density at radius 2 is 2.32 bits per heavy atom. The van der Waals surface area contributed by atoms with Crippen LogP contribution in [0.2, 0.25) is 0 Å². The average Bonchev–Trinajstić information content (AvgIpc) is 3.16. The first kappa shape index (κ1) is 18.6. The van der Waals surface area contributed by atoms with E-state index in [9.17, 15) is 9.90 Å². The molecular weight excluding hydrogens is 320 g/mol. The number of allylic oxidation sites excluding steroid dienone is 4. The lowest BCUT2D eigenvalue weighted by Gasteiger charge is -2.29. The van der Waals surface area contributed by atoms with Crippen molar-refractivity contribution in [3.8, 4) is 0 Å². The second kappa shape index (κ2) is 8.97. The number of carbonyl (C=O) groups excluding carboxylic acids is 1. The largest absolute Gasteiger partial charge is 0.469 e. The summed E-state index contributed by atoms with van der Waals surface area (Å²) in [6, 6.07) is 0. The molecule has 5 atom stereocenters. The second-order valence-electron chi connectivity index (χ2n) is 7.34. The molecule has 0 bridgehead atoms.